The van der Waals surface area contributed by atoms with E-state index in [9.17, 15) is 14.7 Å². The molecule has 1 fully saturated rings. The van der Waals surface area contributed by atoms with E-state index >= 15 is 0 Å². The van der Waals surface area contributed by atoms with E-state index in [-0.39, 0.29) is 17.9 Å². The molecule has 1 N–H and O–H groups in total. The van der Waals surface area contributed by atoms with Crippen LogP contribution in [0.1, 0.15) is 24.1 Å². The number of aliphatic hydroxyl groups excluding tert-OH is 1. The summed E-state index contributed by atoms with van der Waals surface area (Å²) in [4.78, 5) is 33.1. The number of thiazole rings is 1. The maximum Gasteiger partial charge on any atom is 0.301 e. The second-order valence-electron chi connectivity index (χ2n) is 8.63. The van der Waals surface area contributed by atoms with Crippen LogP contribution in [0.3, 0.4) is 0 Å². The average molecular weight is 543 g/mol. The SMILES string of the molecule is C=CCOc1cccc(C2/C(=C(\O)c3ccc(OC)cc3)C(=O)C(=O)N2c2nc3ccc(OCC)cc3s2)c1. The van der Waals surface area contributed by atoms with Crippen molar-refractivity contribution in [2.45, 2.75) is 13.0 Å². The third-order valence-corrected chi connectivity index (χ3v) is 7.23. The molecule has 1 unspecified atom stereocenters. The van der Waals surface area contributed by atoms with E-state index in [1.54, 1.807) is 54.6 Å². The fraction of sp³-hybridized carbons (Fsp3) is 0.167. The van der Waals surface area contributed by atoms with Crippen LogP contribution in [-0.2, 0) is 9.59 Å². The zero-order valence-electron chi connectivity index (χ0n) is 21.4. The predicted molar refractivity (Wildman–Crippen MR) is 151 cm³/mol. The number of nitrogens with zero attached hydrogens (tertiary/aromatic N) is 2. The molecule has 1 aromatic heterocycles. The van der Waals surface area contributed by atoms with Gasteiger partial charge in [0.05, 0.1) is 35.5 Å². The number of methoxy groups -OCH3 is 1. The molecule has 0 saturated carbocycles. The zero-order chi connectivity index (χ0) is 27.5. The molecular formula is C30H26N2O6S. The van der Waals surface area contributed by atoms with Crippen LogP contribution in [0.4, 0.5) is 5.13 Å². The maximum absolute atomic E-state index is 13.5. The quantitative estimate of drug-likeness (QED) is 0.122. The molecule has 0 aliphatic carbocycles. The molecule has 2 heterocycles. The Labute approximate surface area is 229 Å². The highest BCUT2D eigenvalue weighted by molar-refractivity contribution is 7.22. The van der Waals surface area contributed by atoms with Gasteiger partial charge in [0.1, 0.15) is 29.6 Å². The molecule has 5 rings (SSSR count). The summed E-state index contributed by atoms with van der Waals surface area (Å²) < 4.78 is 17.3. The van der Waals surface area contributed by atoms with Gasteiger partial charge < -0.3 is 19.3 Å². The van der Waals surface area contributed by atoms with Gasteiger partial charge in [-0.1, -0.05) is 36.1 Å². The Morgan fingerprint density at radius 3 is 2.51 bits per heavy atom. The number of Topliss-reactive ketones (excluding diaryl/α,β-unsaturated/α-hetero) is 1. The number of carbonyl (C=O) groups excluding carboxylic acids is 2. The number of amides is 1. The first-order chi connectivity index (χ1) is 18.9. The normalized spacial score (nSPS) is 16.5. The highest BCUT2D eigenvalue weighted by Crippen LogP contribution is 2.45. The number of hydrogen-bond donors (Lipinski definition) is 1. The summed E-state index contributed by atoms with van der Waals surface area (Å²) in [5, 5.41) is 11.7. The topological polar surface area (TPSA) is 98.2 Å². The Morgan fingerprint density at radius 2 is 1.79 bits per heavy atom. The van der Waals surface area contributed by atoms with E-state index in [0.717, 1.165) is 4.70 Å². The van der Waals surface area contributed by atoms with Gasteiger partial charge in [-0.2, -0.15) is 0 Å². The van der Waals surface area contributed by atoms with Gasteiger partial charge in [0.15, 0.2) is 5.13 Å². The van der Waals surface area contributed by atoms with E-state index in [2.05, 4.69) is 11.6 Å². The lowest BCUT2D eigenvalue weighted by atomic mass is 9.95. The number of carbonyl (C=O) groups is 2. The Bertz CT molecular complexity index is 1590. The van der Waals surface area contributed by atoms with E-state index in [4.69, 9.17) is 14.2 Å². The van der Waals surface area contributed by atoms with E-state index < -0.39 is 17.7 Å². The Balaban J connectivity index is 1.67. The number of aromatic nitrogens is 1. The van der Waals surface area contributed by atoms with Gasteiger partial charge in [-0.15, -0.1) is 0 Å². The van der Waals surface area contributed by atoms with Crippen LogP contribution < -0.4 is 19.1 Å². The lowest BCUT2D eigenvalue weighted by Crippen LogP contribution is -2.29. The lowest BCUT2D eigenvalue weighted by Gasteiger charge is -2.23. The lowest BCUT2D eigenvalue weighted by molar-refractivity contribution is -0.132. The van der Waals surface area contributed by atoms with Crippen molar-refractivity contribution in [1.82, 2.24) is 4.98 Å². The first-order valence-electron chi connectivity index (χ1n) is 12.3. The average Bonchev–Trinajstić information content (AvgIpc) is 3.49. The molecule has 0 bridgehead atoms. The molecule has 1 saturated heterocycles. The third-order valence-electron chi connectivity index (χ3n) is 6.22. The molecule has 0 radical (unpaired) electrons. The second-order valence-corrected chi connectivity index (χ2v) is 9.64. The number of fused-ring (bicyclic) bond motifs is 1. The largest absolute Gasteiger partial charge is 0.507 e. The van der Waals surface area contributed by atoms with Crippen molar-refractivity contribution >= 4 is 44.1 Å². The zero-order valence-corrected chi connectivity index (χ0v) is 22.2. The molecule has 1 aliphatic rings. The number of rotatable bonds is 9. The standard InChI is InChI=1S/C30H26N2O6S/c1-4-15-38-21-8-6-7-19(16-21)26-25(27(33)18-9-11-20(36-3)12-10-18)28(34)29(35)32(26)30-31-23-14-13-22(37-5-2)17-24(23)39-30/h4,6-14,16-17,26,33H,1,5,15H2,2-3H3/b27-25+. The minimum absolute atomic E-state index is 0.0414. The van der Waals surface area contributed by atoms with Gasteiger partial charge in [-0.05, 0) is 67.1 Å². The van der Waals surface area contributed by atoms with Crippen molar-refractivity contribution in [1.29, 1.82) is 0 Å². The highest BCUT2D eigenvalue weighted by Gasteiger charge is 2.48. The molecule has 8 nitrogen and oxygen atoms in total. The monoisotopic (exact) mass is 542 g/mol. The minimum Gasteiger partial charge on any atom is -0.507 e. The number of aliphatic hydroxyl groups is 1. The van der Waals surface area contributed by atoms with Crippen molar-refractivity contribution in [3.8, 4) is 17.2 Å². The number of benzene rings is 3. The second kappa shape index (κ2) is 11.0. The molecule has 39 heavy (non-hydrogen) atoms. The summed E-state index contributed by atoms with van der Waals surface area (Å²) in [6, 6.07) is 18.2. The maximum atomic E-state index is 13.5. The van der Waals surface area contributed by atoms with Crippen LogP contribution >= 0.6 is 11.3 Å². The van der Waals surface area contributed by atoms with E-state index in [1.165, 1.54) is 23.3 Å². The third kappa shape index (κ3) is 4.96. The Morgan fingerprint density at radius 1 is 1.05 bits per heavy atom. The van der Waals surface area contributed by atoms with Crippen molar-refractivity contribution in [3.63, 3.8) is 0 Å². The molecule has 1 amide bonds. The van der Waals surface area contributed by atoms with Crippen molar-refractivity contribution in [3.05, 3.63) is 96.1 Å². The van der Waals surface area contributed by atoms with Gasteiger partial charge in [-0.3, -0.25) is 14.5 Å². The van der Waals surface area contributed by atoms with Crippen LogP contribution in [0.25, 0.3) is 16.0 Å². The summed E-state index contributed by atoms with van der Waals surface area (Å²) in [6.07, 6.45) is 1.63. The van der Waals surface area contributed by atoms with Gasteiger partial charge in [-0.25, -0.2) is 4.98 Å². The van der Waals surface area contributed by atoms with Crippen LogP contribution in [0.15, 0.2) is 85.0 Å². The van der Waals surface area contributed by atoms with Crippen molar-refractivity contribution < 1.29 is 28.9 Å². The molecular weight excluding hydrogens is 516 g/mol. The van der Waals surface area contributed by atoms with Crippen LogP contribution in [0, 0.1) is 0 Å². The summed E-state index contributed by atoms with van der Waals surface area (Å²) in [5.41, 5.74) is 1.58. The first-order valence-corrected chi connectivity index (χ1v) is 13.1. The number of ketones is 1. The predicted octanol–water partition coefficient (Wildman–Crippen LogP) is 5.89. The smallest absolute Gasteiger partial charge is 0.301 e. The van der Waals surface area contributed by atoms with Gasteiger partial charge in [0, 0.05) is 5.56 Å². The fourth-order valence-corrected chi connectivity index (χ4v) is 5.45. The highest BCUT2D eigenvalue weighted by atomic mass is 32.1. The van der Waals surface area contributed by atoms with Crippen molar-refractivity contribution in [2.24, 2.45) is 0 Å². The van der Waals surface area contributed by atoms with Crippen molar-refractivity contribution in [2.75, 3.05) is 25.2 Å². The Hall–Kier alpha value is -4.63. The molecule has 1 aliphatic heterocycles. The van der Waals surface area contributed by atoms with Crippen LogP contribution in [0.2, 0.25) is 0 Å². The van der Waals surface area contributed by atoms with E-state index in [1.807, 2.05) is 25.1 Å². The summed E-state index contributed by atoms with van der Waals surface area (Å²) in [5.74, 6) is -0.0628. The summed E-state index contributed by atoms with van der Waals surface area (Å²) in [6.45, 7) is 6.38. The molecule has 0 spiro atoms. The summed E-state index contributed by atoms with van der Waals surface area (Å²) in [7, 11) is 1.54. The number of ether oxygens (including phenoxy) is 3. The number of hydrogen-bond acceptors (Lipinski definition) is 8. The van der Waals surface area contributed by atoms with Crippen LogP contribution in [0.5, 0.6) is 17.2 Å². The van der Waals surface area contributed by atoms with Gasteiger partial charge in [0.2, 0.25) is 0 Å². The molecule has 3 aromatic carbocycles. The minimum atomic E-state index is -0.939. The number of anilines is 1. The Kier molecular flexibility index (Phi) is 7.33. The fourth-order valence-electron chi connectivity index (χ4n) is 4.43. The van der Waals surface area contributed by atoms with Gasteiger partial charge >= 0.3 is 5.91 Å². The van der Waals surface area contributed by atoms with Gasteiger partial charge in [0.25, 0.3) is 5.78 Å². The first kappa shape index (κ1) is 26.0. The summed E-state index contributed by atoms with van der Waals surface area (Å²) >= 11 is 1.27. The van der Waals surface area contributed by atoms with Crippen LogP contribution in [-0.4, -0.2) is 42.1 Å². The molecule has 4 aromatic rings. The molecule has 1 atom stereocenters. The van der Waals surface area contributed by atoms with E-state index in [0.29, 0.717) is 45.6 Å². The molecule has 9 heteroatoms. The molecule has 198 valence electrons.